The van der Waals surface area contributed by atoms with Crippen LogP contribution in [0.5, 0.6) is 0 Å². The van der Waals surface area contributed by atoms with Gasteiger partial charge in [-0.05, 0) is 12.8 Å². The standard InChI is InChI=1S/C21H42O4.C15H30O4/c1-2-3-4-5-6-7-8-9-10-11-12-13-14-15-16-17-21(24)25-19-20(23)18-22;1-2-3-4-5-6-7-8-9-10-11-15(18)19-13-14(17)12-16/h20,22-23H,2-19H2,1H3;14,16-17H,2-13H2,1H3. The molecular formula is C36H72O8. The minimum atomic E-state index is -0.954. The molecule has 0 rings (SSSR count). The van der Waals surface area contributed by atoms with E-state index in [0.717, 1.165) is 25.7 Å². The maximum absolute atomic E-state index is 11.4. The van der Waals surface area contributed by atoms with Crippen LogP contribution in [0.25, 0.3) is 0 Å². The molecule has 0 aliphatic rings. The normalized spacial score (nSPS) is 12.3. The predicted octanol–water partition coefficient (Wildman–Crippen LogP) is 7.95. The van der Waals surface area contributed by atoms with Gasteiger partial charge in [-0.15, -0.1) is 0 Å². The zero-order chi connectivity index (χ0) is 32.9. The third-order valence-electron chi connectivity index (χ3n) is 7.76. The van der Waals surface area contributed by atoms with Crippen molar-refractivity contribution in [1.82, 2.24) is 0 Å². The maximum atomic E-state index is 11.4. The molecule has 2 atom stereocenters. The largest absolute Gasteiger partial charge is 0.463 e. The highest BCUT2D eigenvalue weighted by Gasteiger charge is 2.08. The van der Waals surface area contributed by atoms with E-state index in [0.29, 0.717) is 12.8 Å². The highest BCUT2D eigenvalue weighted by molar-refractivity contribution is 5.69. The first-order valence-corrected chi connectivity index (χ1v) is 18.3. The van der Waals surface area contributed by atoms with Crippen LogP contribution in [0.1, 0.15) is 181 Å². The molecule has 0 saturated heterocycles. The van der Waals surface area contributed by atoms with Crippen LogP contribution in [0.4, 0.5) is 0 Å². The maximum Gasteiger partial charge on any atom is 0.305 e. The Morgan fingerprint density at radius 3 is 0.886 bits per heavy atom. The van der Waals surface area contributed by atoms with E-state index in [9.17, 15) is 9.59 Å². The van der Waals surface area contributed by atoms with Crippen LogP contribution in [0.2, 0.25) is 0 Å². The van der Waals surface area contributed by atoms with Crippen LogP contribution in [0.15, 0.2) is 0 Å². The number of hydrogen-bond donors (Lipinski definition) is 4. The second-order valence-electron chi connectivity index (χ2n) is 12.3. The number of carbonyl (C=O) groups is 2. The van der Waals surface area contributed by atoms with Crippen molar-refractivity contribution in [2.45, 2.75) is 193 Å². The third kappa shape index (κ3) is 38.8. The summed E-state index contributed by atoms with van der Waals surface area (Å²) in [5.74, 6) is -0.558. The number of unbranched alkanes of at least 4 members (excludes halogenated alkanes) is 22. The predicted molar refractivity (Wildman–Crippen MR) is 179 cm³/mol. The summed E-state index contributed by atoms with van der Waals surface area (Å²) >= 11 is 0. The first-order valence-electron chi connectivity index (χ1n) is 18.3. The summed E-state index contributed by atoms with van der Waals surface area (Å²) in [5.41, 5.74) is 0. The molecule has 0 amide bonds. The Kier molecular flexibility index (Phi) is 38.7. The molecular weight excluding hydrogens is 560 g/mol. The van der Waals surface area contributed by atoms with E-state index in [1.165, 1.54) is 128 Å². The van der Waals surface area contributed by atoms with Gasteiger partial charge in [-0.2, -0.15) is 0 Å². The summed E-state index contributed by atoms with van der Waals surface area (Å²) < 4.78 is 9.68. The fraction of sp³-hybridized carbons (Fsp3) is 0.944. The zero-order valence-electron chi connectivity index (χ0n) is 28.8. The molecule has 0 aromatic heterocycles. The van der Waals surface area contributed by atoms with E-state index in [1.54, 1.807) is 0 Å². The average molecular weight is 633 g/mol. The van der Waals surface area contributed by atoms with Crippen molar-refractivity contribution >= 4 is 11.9 Å². The second-order valence-corrected chi connectivity index (χ2v) is 12.3. The lowest BCUT2D eigenvalue weighted by Crippen LogP contribution is -2.21. The molecule has 44 heavy (non-hydrogen) atoms. The van der Waals surface area contributed by atoms with Gasteiger partial charge < -0.3 is 29.9 Å². The molecule has 8 heteroatoms. The second kappa shape index (κ2) is 38.0. The molecule has 0 radical (unpaired) electrons. The van der Waals surface area contributed by atoms with Gasteiger partial charge in [-0.25, -0.2) is 0 Å². The quantitative estimate of drug-likeness (QED) is 0.0434. The van der Waals surface area contributed by atoms with Crippen molar-refractivity contribution in [3.05, 3.63) is 0 Å². The lowest BCUT2D eigenvalue weighted by molar-refractivity contribution is -0.148. The molecule has 2 unspecified atom stereocenters. The Hall–Kier alpha value is -1.22. The Bertz CT molecular complexity index is 586. The molecule has 4 N–H and O–H groups in total. The van der Waals surface area contributed by atoms with Gasteiger partial charge in [0, 0.05) is 12.8 Å². The molecule has 0 aromatic rings. The highest BCUT2D eigenvalue weighted by Crippen LogP contribution is 2.14. The van der Waals surface area contributed by atoms with Gasteiger partial charge in [0.25, 0.3) is 0 Å². The molecule has 0 fully saturated rings. The molecule has 0 aliphatic carbocycles. The molecule has 264 valence electrons. The molecule has 8 nitrogen and oxygen atoms in total. The average Bonchev–Trinajstić information content (AvgIpc) is 3.03. The van der Waals surface area contributed by atoms with Gasteiger partial charge in [-0.3, -0.25) is 9.59 Å². The van der Waals surface area contributed by atoms with Crippen LogP contribution in [0.3, 0.4) is 0 Å². The number of esters is 2. The van der Waals surface area contributed by atoms with E-state index in [-0.39, 0.29) is 38.4 Å². The SMILES string of the molecule is CCCCCCCCCCCC(=O)OCC(O)CO.CCCCCCCCCCCCCCCCCC(=O)OCC(O)CO. The van der Waals surface area contributed by atoms with Gasteiger partial charge in [-0.1, -0.05) is 155 Å². The monoisotopic (exact) mass is 633 g/mol. The number of rotatable bonds is 32. The molecule has 0 aromatic carbocycles. The van der Waals surface area contributed by atoms with Gasteiger partial charge in [0.2, 0.25) is 0 Å². The van der Waals surface area contributed by atoms with Gasteiger partial charge in [0.15, 0.2) is 0 Å². The van der Waals surface area contributed by atoms with Crippen molar-refractivity contribution in [2.24, 2.45) is 0 Å². The van der Waals surface area contributed by atoms with Crippen molar-refractivity contribution in [3.63, 3.8) is 0 Å². The lowest BCUT2D eigenvalue weighted by Gasteiger charge is -2.08. The third-order valence-corrected chi connectivity index (χ3v) is 7.76. The summed E-state index contributed by atoms with van der Waals surface area (Å²) in [6, 6.07) is 0. The summed E-state index contributed by atoms with van der Waals surface area (Å²) in [6.45, 7) is 3.54. The van der Waals surface area contributed by atoms with Gasteiger partial charge in [0.1, 0.15) is 25.4 Å². The summed E-state index contributed by atoms with van der Waals surface area (Å²) in [7, 11) is 0. The number of ether oxygens (including phenoxy) is 2. The van der Waals surface area contributed by atoms with E-state index in [2.05, 4.69) is 13.8 Å². The lowest BCUT2D eigenvalue weighted by atomic mass is 10.0. The fourth-order valence-corrected chi connectivity index (χ4v) is 4.85. The van der Waals surface area contributed by atoms with Crippen LogP contribution in [-0.2, 0) is 19.1 Å². The minimum Gasteiger partial charge on any atom is -0.463 e. The molecule has 0 heterocycles. The van der Waals surface area contributed by atoms with Crippen molar-refractivity contribution in [1.29, 1.82) is 0 Å². The first kappa shape index (κ1) is 44.9. The van der Waals surface area contributed by atoms with Gasteiger partial charge in [0.05, 0.1) is 13.2 Å². The Morgan fingerprint density at radius 2 is 0.659 bits per heavy atom. The Balaban J connectivity index is 0. The molecule has 0 bridgehead atoms. The van der Waals surface area contributed by atoms with Crippen molar-refractivity contribution in [2.75, 3.05) is 26.4 Å². The number of aliphatic hydroxyl groups excluding tert-OH is 4. The topological polar surface area (TPSA) is 134 Å². The summed E-state index contributed by atoms with van der Waals surface area (Å²) in [5, 5.41) is 35.3. The Morgan fingerprint density at radius 1 is 0.432 bits per heavy atom. The van der Waals surface area contributed by atoms with Crippen LogP contribution < -0.4 is 0 Å². The first-order chi connectivity index (χ1) is 21.4. The van der Waals surface area contributed by atoms with Crippen LogP contribution in [0, 0.1) is 0 Å². The summed E-state index contributed by atoms with van der Waals surface area (Å²) in [4.78, 5) is 22.6. The summed E-state index contributed by atoms with van der Waals surface area (Å²) in [6.07, 6.45) is 29.4. The van der Waals surface area contributed by atoms with E-state index >= 15 is 0 Å². The van der Waals surface area contributed by atoms with Crippen molar-refractivity contribution < 1.29 is 39.5 Å². The zero-order valence-corrected chi connectivity index (χ0v) is 28.8. The van der Waals surface area contributed by atoms with E-state index in [1.807, 2.05) is 0 Å². The molecule has 0 saturated carbocycles. The van der Waals surface area contributed by atoms with Crippen molar-refractivity contribution in [3.8, 4) is 0 Å². The highest BCUT2D eigenvalue weighted by atomic mass is 16.5. The van der Waals surface area contributed by atoms with Crippen LogP contribution >= 0.6 is 0 Å². The van der Waals surface area contributed by atoms with Crippen LogP contribution in [-0.4, -0.2) is 71.0 Å². The fourth-order valence-electron chi connectivity index (χ4n) is 4.85. The van der Waals surface area contributed by atoms with E-state index < -0.39 is 12.2 Å². The number of hydrogen-bond acceptors (Lipinski definition) is 8. The minimum absolute atomic E-state index is 0.103. The number of carbonyl (C=O) groups excluding carboxylic acids is 2. The molecule has 0 spiro atoms. The van der Waals surface area contributed by atoms with Gasteiger partial charge >= 0.3 is 11.9 Å². The number of aliphatic hydroxyl groups is 4. The van der Waals surface area contributed by atoms with E-state index in [4.69, 9.17) is 29.9 Å². The Labute approximate surface area is 270 Å². The smallest absolute Gasteiger partial charge is 0.305 e. The molecule has 0 aliphatic heterocycles.